The zero-order valence-corrected chi connectivity index (χ0v) is 10.2. The number of likely N-dealkylation sites (N-methyl/N-ethyl adjacent to an activating group) is 1. The molecule has 1 N–H and O–H groups in total. The molecule has 5 heteroatoms. The summed E-state index contributed by atoms with van der Waals surface area (Å²) in [6.07, 6.45) is 2.10. The van der Waals surface area contributed by atoms with Crippen molar-refractivity contribution in [3.05, 3.63) is 0 Å². The molecule has 92 valence electrons. The van der Waals surface area contributed by atoms with Crippen LogP contribution >= 0.6 is 0 Å². The van der Waals surface area contributed by atoms with Crippen molar-refractivity contribution in [1.82, 2.24) is 9.80 Å². The van der Waals surface area contributed by atoms with Crippen LogP contribution in [0.4, 0.5) is 4.79 Å². The summed E-state index contributed by atoms with van der Waals surface area (Å²) in [5.41, 5.74) is 0.137. The van der Waals surface area contributed by atoms with E-state index in [1.165, 1.54) is 11.9 Å². The van der Waals surface area contributed by atoms with E-state index in [1.807, 2.05) is 0 Å². The summed E-state index contributed by atoms with van der Waals surface area (Å²) >= 11 is 0. The highest BCUT2D eigenvalue weighted by Gasteiger charge is 2.30. The molecule has 0 saturated carbocycles. The Balaban J connectivity index is 2.56. The second-order valence-corrected chi connectivity index (χ2v) is 5.22. The molecule has 0 unspecified atom stereocenters. The molecule has 0 spiro atoms. The molecule has 0 atom stereocenters. The van der Waals surface area contributed by atoms with Gasteiger partial charge in [0.05, 0.1) is 0 Å². The van der Waals surface area contributed by atoms with Crippen LogP contribution in [0.3, 0.4) is 0 Å². The average molecular weight is 228 g/mol. The summed E-state index contributed by atoms with van der Waals surface area (Å²) in [7, 11) is 1.53. The van der Waals surface area contributed by atoms with Crippen LogP contribution in [-0.4, -0.2) is 53.6 Å². The van der Waals surface area contributed by atoms with Crippen LogP contribution < -0.4 is 0 Å². The van der Waals surface area contributed by atoms with Crippen molar-refractivity contribution in [1.29, 1.82) is 0 Å². The quantitative estimate of drug-likeness (QED) is 0.773. The molecule has 1 aliphatic rings. The lowest BCUT2D eigenvalue weighted by molar-refractivity contribution is -0.137. The van der Waals surface area contributed by atoms with Crippen molar-refractivity contribution in [3.63, 3.8) is 0 Å². The number of carbonyl (C=O) groups is 2. The fourth-order valence-corrected chi connectivity index (χ4v) is 2.10. The van der Waals surface area contributed by atoms with E-state index in [-0.39, 0.29) is 18.0 Å². The van der Waals surface area contributed by atoms with Crippen molar-refractivity contribution < 1.29 is 14.7 Å². The first-order valence-corrected chi connectivity index (χ1v) is 5.54. The van der Waals surface area contributed by atoms with E-state index in [9.17, 15) is 9.59 Å². The summed E-state index contributed by atoms with van der Waals surface area (Å²) < 4.78 is 0. The van der Waals surface area contributed by atoms with Crippen LogP contribution in [0.25, 0.3) is 0 Å². The van der Waals surface area contributed by atoms with E-state index in [0.717, 1.165) is 19.4 Å². The molecule has 5 nitrogen and oxygen atoms in total. The van der Waals surface area contributed by atoms with Gasteiger partial charge in [0, 0.05) is 20.1 Å². The Hall–Kier alpha value is -1.26. The Morgan fingerprint density at radius 2 is 2.06 bits per heavy atom. The van der Waals surface area contributed by atoms with Gasteiger partial charge in [-0.15, -0.1) is 0 Å². The number of amides is 2. The van der Waals surface area contributed by atoms with Crippen LogP contribution in [0, 0.1) is 5.41 Å². The lowest BCUT2D eigenvalue weighted by atomic mass is 9.84. The normalized spacial score (nSPS) is 19.3. The molecule has 0 radical (unpaired) electrons. The van der Waals surface area contributed by atoms with Crippen molar-refractivity contribution in [2.24, 2.45) is 5.41 Å². The smallest absolute Gasteiger partial charge is 0.323 e. The number of urea groups is 1. The minimum Gasteiger partial charge on any atom is -0.480 e. The Morgan fingerprint density at radius 1 is 1.44 bits per heavy atom. The lowest BCUT2D eigenvalue weighted by Gasteiger charge is -2.39. The first-order chi connectivity index (χ1) is 7.32. The van der Waals surface area contributed by atoms with Gasteiger partial charge in [0.2, 0.25) is 0 Å². The van der Waals surface area contributed by atoms with E-state index >= 15 is 0 Å². The number of carboxylic acid groups (broad SMARTS) is 1. The second-order valence-electron chi connectivity index (χ2n) is 5.22. The first-order valence-electron chi connectivity index (χ1n) is 5.54. The number of piperidine rings is 1. The van der Waals surface area contributed by atoms with Gasteiger partial charge in [0.15, 0.2) is 0 Å². The third-order valence-electron chi connectivity index (χ3n) is 2.87. The molecule has 1 heterocycles. The molecule has 0 aromatic rings. The fraction of sp³-hybridized carbons (Fsp3) is 0.818. The van der Waals surface area contributed by atoms with Gasteiger partial charge in [-0.25, -0.2) is 4.79 Å². The van der Waals surface area contributed by atoms with Crippen molar-refractivity contribution in [2.45, 2.75) is 26.7 Å². The highest BCUT2D eigenvalue weighted by atomic mass is 16.4. The number of nitrogens with zero attached hydrogens (tertiary/aromatic N) is 2. The topological polar surface area (TPSA) is 60.9 Å². The minimum absolute atomic E-state index is 0.137. The zero-order valence-electron chi connectivity index (χ0n) is 10.2. The van der Waals surface area contributed by atoms with Crippen LogP contribution in [0.15, 0.2) is 0 Å². The van der Waals surface area contributed by atoms with Crippen LogP contribution in [0.1, 0.15) is 26.7 Å². The highest BCUT2D eigenvalue weighted by molar-refractivity contribution is 5.80. The van der Waals surface area contributed by atoms with Gasteiger partial charge in [-0.1, -0.05) is 13.8 Å². The Morgan fingerprint density at radius 3 is 2.56 bits per heavy atom. The van der Waals surface area contributed by atoms with Gasteiger partial charge in [0.25, 0.3) is 0 Å². The molecular formula is C11H20N2O3. The van der Waals surface area contributed by atoms with Gasteiger partial charge < -0.3 is 14.9 Å². The molecule has 1 rings (SSSR count). The summed E-state index contributed by atoms with van der Waals surface area (Å²) in [5.74, 6) is -0.980. The second kappa shape index (κ2) is 4.72. The van der Waals surface area contributed by atoms with Gasteiger partial charge in [-0.2, -0.15) is 0 Å². The molecule has 1 aliphatic heterocycles. The first kappa shape index (κ1) is 12.8. The molecule has 0 aliphatic carbocycles. The van der Waals surface area contributed by atoms with Gasteiger partial charge in [-0.3, -0.25) is 4.79 Å². The number of aliphatic carboxylic acids is 1. The minimum atomic E-state index is -0.980. The summed E-state index contributed by atoms with van der Waals surface area (Å²) in [5, 5.41) is 8.62. The molecule has 0 aromatic carbocycles. The summed E-state index contributed by atoms with van der Waals surface area (Å²) in [6, 6.07) is -0.185. The maximum atomic E-state index is 11.9. The van der Waals surface area contributed by atoms with Crippen LogP contribution in [0.2, 0.25) is 0 Å². The Bertz CT molecular complexity index is 289. The van der Waals surface area contributed by atoms with Crippen LogP contribution in [0.5, 0.6) is 0 Å². The van der Waals surface area contributed by atoms with E-state index in [4.69, 9.17) is 5.11 Å². The van der Waals surface area contributed by atoms with E-state index in [1.54, 1.807) is 4.90 Å². The zero-order chi connectivity index (χ0) is 12.3. The van der Waals surface area contributed by atoms with Gasteiger partial charge in [-0.05, 0) is 18.3 Å². The number of likely N-dealkylation sites (tertiary alicyclic amines) is 1. The van der Waals surface area contributed by atoms with E-state index < -0.39 is 5.97 Å². The standard InChI is InChI=1S/C11H20N2O3/c1-11(2)5-4-6-13(8-11)10(16)12(3)7-9(14)15/h4-8H2,1-3H3,(H,14,15). The van der Waals surface area contributed by atoms with E-state index in [2.05, 4.69) is 13.8 Å². The number of carbonyl (C=O) groups excluding carboxylic acids is 1. The predicted molar refractivity (Wildman–Crippen MR) is 60.2 cm³/mol. The summed E-state index contributed by atoms with van der Waals surface area (Å²) in [4.78, 5) is 25.4. The lowest BCUT2D eigenvalue weighted by Crippen LogP contribution is -2.49. The third kappa shape index (κ3) is 3.40. The number of hydrogen-bond acceptors (Lipinski definition) is 2. The molecule has 16 heavy (non-hydrogen) atoms. The number of carboxylic acids is 1. The van der Waals surface area contributed by atoms with Crippen molar-refractivity contribution in [2.75, 3.05) is 26.7 Å². The molecule has 2 amide bonds. The maximum Gasteiger partial charge on any atom is 0.323 e. The fourth-order valence-electron chi connectivity index (χ4n) is 2.10. The maximum absolute atomic E-state index is 11.9. The number of rotatable bonds is 2. The van der Waals surface area contributed by atoms with Gasteiger partial charge in [0.1, 0.15) is 6.54 Å². The molecule has 1 saturated heterocycles. The van der Waals surface area contributed by atoms with E-state index in [0.29, 0.717) is 6.54 Å². The Labute approximate surface area is 96.0 Å². The monoisotopic (exact) mass is 228 g/mol. The highest BCUT2D eigenvalue weighted by Crippen LogP contribution is 2.28. The summed E-state index contributed by atoms with van der Waals surface area (Å²) in [6.45, 7) is 5.45. The molecule has 1 fully saturated rings. The van der Waals surface area contributed by atoms with Crippen LogP contribution in [-0.2, 0) is 4.79 Å². The van der Waals surface area contributed by atoms with Gasteiger partial charge >= 0.3 is 12.0 Å². The third-order valence-corrected chi connectivity index (χ3v) is 2.87. The number of hydrogen-bond donors (Lipinski definition) is 1. The SMILES string of the molecule is CN(CC(=O)O)C(=O)N1CCCC(C)(C)C1. The van der Waals surface area contributed by atoms with Crippen molar-refractivity contribution >= 4 is 12.0 Å². The Kier molecular flexibility index (Phi) is 3.78. The largest absolute Gasteiger partial charge is 0.480 e. The molecule has 0 bridgehead atoms. The molecular weight excluding hydrogens is 208 g/mol. The average Bonchev–Trinajstić information content (AvgIpc) is 2.13. The molecule has 0 aromatic heterocycles. The van der Waals surface area contributed by atoms with Crippen molar-refractivity contribution in [3.8, 4) is 0 Å². The predicted octanol–water partition coefficient (Wildman–Crippen LogP) is 1.24.